The van der Waals surface area contributed by atoms with Gasteiger partial charge in [-0.2, -0.15) is 0 Å². The maximum atomic E-state index is 11.0. The molecule has 1 aliphatic carbocycles. The van der Waals surface area contributed by atoms with Gasteiger partial charge < -0.3 is 25.0 Å². The summed E-state index contributed by atoms with van der Waals surface area (Å²) >= 11 is 0. The van der Waals surface area contributed by atoms with Crippen LogP contribution in [0.2, 0.25) is 0 Å². The minimum atomic E-state index is -1.15. The Morgan fingerprint density at radius 3 is 2.72 bits per heavy atom. The number of hydrogen-bond acceptors (Lipinski definition) is 6. The molecule has 1 aromatic heterocycles. The monoisotopic (exact) mass is 493 g/mol. The molecule has 9 heteroatoms. The zero-order chi connectivity index (χ0) is 25.5. The second-order valence-corrected chi connectivity index (χ2v) is 9.12. The van der Waals surface area contributed by atoms with Gasteiger partial charge in [-0.3, -0.25) is 15.1 Å². The molecule has 5 rings (SSSR count). The first-order valence-electron chi connectivity index (χ1n) is 12.1. The first kappa shape index (κ1) is 25.2. The number of benzene rings is 2. The van der Waals surface area contributed by atoms with Crippen LogP contribution < -0.4 is 20.1 Å². The van der Waals surface area contributed by atoms with Gasteiger partial charge >= 0.3 is 6.09 Å². The third kappa shape index (κ3) is 6.42. The third-order valence-corrected chi connectivity index (χ3v) is 6.55. The number of aromatic nitrogens is 1. The van der Waals surface area contributed by atoms with Crippen molar-refractivity contribution >= 4 is 34.3 Å². The van der Waals surface area contributed by atoms with Gasteiger partial charge in [0.15, 0.2) is 6.61 Å². The van der Waals surface area contributed by atoms with Crippen molar-refractivity contribution in [3.8, 4) is 11.5 Å². The Kier molecular flexibility index (Phi) is 7.90. The first-order chi connectivity index (χ1) is 17.3. The van der Waals surface area contributed by atoms with Gasteiger partial charge in [0, 0.05) is 17.3 Å². The fourth-order valence-corrected chi connectivity index (χ4v) is 4.64. The van der Waals surface area contributed by atoms with Crippen molar-refractivity contribution in [2.24, 2.45) is 0 Å². The minimum absolute atomic E-state index is 0.0152. The smallest absolute Gasteiger partial charge is 0.409 e. The number of fused-ring (bicyclic) bond motifs is 2. The minimum Gasteiger partial charge on any atom is -0.497 e. The number of aliphatic hydroxyl groups is 1. The van der Waals surface area contributed by atoms with E-state index in [1.807, 2.05) is 24.4 Å². The van der Waals surface area contributed by atoms with Gasteiger partial charge in [0.2, 0.25) is 0 Å². The SMILES string of the molecule is COc1ccc2nccc(CCC3(O)CCCCC3)c2c1.O=C(O)Nc1ccc2c(c1)NC(=O)CO2. The fraction of sp³-hybridized carbons (Fsp3) is 0.370. The van der Waals surface area contributed by atoms with Crippen molar-refractivity contribution in [3.05, 3.63) is 54.2 Å². The quantitative estimate of drug-likeness (QED) is 0.394. The lowest BCUT2D eigenvalue weighted by atomic mass is 9.81. The highest BCUT2D eigenvalue weighted by molar-refractivity contribution is 5.96. The van der Waals surface area contributed by atoms with E-state index in [0.717, 1.165) is 55.2 Å². The Balaban J connectivity index is 0.000000179. The van der Waals surface area contributed by atoms with E-state index in [2.05, 4.69) is 21.7 Å². The molecule has 0 bridgehead atoms. The molecule has 1 saturated carbocycles. The zero-order valence-corrected chi connectivity index (χ0v) is 20.3. The molecule has 9 nitrogen and oxygen atoms in total. The second kappa shape index (κ2) is 11.3. The summed E-state index contributed by atoms with van der Waals surface area (Å²) in [6, 6.07) is 12.7. The predicted molar refractivity (Wildman–Crippen MR) is 137 cm³/mol. The lowest BCUT2D eigenvalue weighted by Gasteiger charge is -2.32. The lowest BCUT2D eigenvalue weighted by molar-refractivity contribution is -0.118. The molecule has 1 fully saturated rings. The number of nitrogens with zero attached hydrogens (tertiary/aromatic N) is 1. The van der Waals surface area contributed by atoms with E-state index in [0.29, 0.717) is 17.1 Å². The average molecular weight is 494 g/mol. The van der Waals surface area contributed by atoms with Gasteiger partial charge in [0.1, 0.15) is 11.5 Å². The second-order valence-electron chi connectivity index (χ2n) is 9.12. The third-order valence-electron chi connectivity index (χ3n) is 6.55. The van der Waals surface area contributed by atoms with Crippen LogP contribution in [0.4, 0.5) is 16.2 Å². The maximum absolute atomic E-state index is 11.0. The number of ether oxygens (including phenoxy) is 2. The Morgan fingerprint density at radius 2 is 1.97 bits per heavy atom. The molecular weight excluding hydrogens is 462 g/mol. The number of nitrogens with one attached hydrogen (secondary N) is 2. The number of rotatable bonds is 5. The Bertz CT molecular complexity index is 1240. The topological polar surface area (TPSA) is 130 Å². The van der Waals surface area contributed by atoms with E-state index in [1.54, 1.807) is 19.2 Å². The summed E-state index contributed by atoms with van der Waals surface area (Å²) in [4.78, 5) is 25.8. The average Bonchev–Trinajstić information content (AvgIpc) is 2.87. The normalized spacial score (nSPS) is 16.0. The van der Waals surface area contributed by atoms with Crippen molar-refractivity contribution in [1.29, 1.82) is 0 Å². The summed E-state index contributed by atoms with van der Waals surface area (Å²) in [5, 5.41) is 25.0. The number of anilines is 2. The highest BCUT2D eigenvalue weighted by Crippen LogP contribution is 2.33. The van der Waals surface area contributed by atoms with Crippen LogP contribution in [0.3, 0.4) is 0 Å². The highest BCUT2D eigenvalue weighted by atomic mass is 16.5. The number of carbonyl (C=O) groups excluding carboxylic acids is 1. The van der Waals surface area contributed by atoms with Crippen molar-refractivity contribution in [3.63, 3.8) is 0 Å². The summed E-state index contributed by atoms with van der Waals surface area (Å²) in [6.07, 6.45) is 7.89. The van der Waals surface area contributed by atoms with Crippen LogP contribution in [-0.2, 0) is 11.2 Å². The van der Waals surface area contributed by atoms with Crippen LogP contribution in [0.1, 0.15) is 44.1 Å². The summed E-state index contributed by atoms with van der Waals surface area (Å²) < 4.78 is 10.4. The number of carbonyl (C=O) groups is 2. The van der Waals surface area contributed by atoms with Crippen molar-refractivity contribution < 1.29 is 29.3 Å². The van der Waals surface area contributed by atoms with Crippen LogP contribution in [0, 0.1) is 0 Å². The van der Waals surface area contributed by atoms with Gasteiger partial charge in [-0.25, -0.2) is 4.79 Å². The van der Waals surface area contributed by atoms with E-state index >= 15 is 0 Å². The van der Waals surface area contributed by atoms with Crippen LogP contribution in [0.25, 0.3) is 10.9 Å². The Morgan fingerprint density at radius 1 is 1.17 bits per heavy atom. The number of hydrogen-bond donors (Lipinski definition) is 4. The van der Waals surface area contributed by atoms with Crippen molar-refractivity contribution in [1.82, 2.24) is 4.98 Å². The summed E-state index contributed by atoms with van der Waals surface area (Å²) in [5.41, 5.74) is 2.62. The van der Waals surface area contributed by atoms with Gasteiger partial charge in [-0.15, -0.1) is 0 Å². The highest BCUT2D eigenvalue weighted by Gasteiger charge is 2.28. The van der Waals surface area contributed by atoms with E-state index < -0.39 is 11.7 Å². The van der Waals surface area contributed by atoms with Crippen LogP contribution >= 0.6 is 0 Å². The fourth-order valence-electron chi connectivity index (χ4n) is 4.64. The lowest BCUT2D eigenvalue weighted by Crippen LogP contribution is -2.31. The van der Waals surface area contributed by atoms with Gasteiger partial charge in [-0.1, -0.05) is 19.3 Å². The van der Waals surface area contributed by atoms with Gasteiger partial charge in [0.05, 0.1) is 23.9 Å². The molecule has 2 aromatic carbocycles. The number of carboxylic acid groups (broad SMARTS) is 1. The number of aryl methyl sites for hydroxylation is 1. The van der Waals surface area contributed by atoms with Gasteiger partial charge in [0.25, 0.3) is 5.91 Å². The van der Waals surface area contributed by atoms with Gasteiger partial charge in [-0.05, 0) is 73.7 Å². The molecule has 1 aliphatic heterocycles. The standard InChI is InChI=1S/C18H23NO2.C9H8N2O4/c1-21-15-5-6-17-16(13-15)14(8-12-19-17)7-11-18(20)9-3-2-4-10-18;12-8-4-15-7-2-1-5(10-9(13)14)3-6(7)11-8/h5-6,8,12-13,20H,2-4,7,9-11H2,1H3;1-3,10H,4H2,(H,11,12)(H,13,14). The predicted octanol–water partition coefficient (Wildman–Crippen LogP) is 4.98. The molecular formula is C27H31N3O6. The molecule has 0 radical (unpaired) electrons. The molecule has 2 heterocycles. The van der Waals surface area contributed by atoms with E-state index in [4.69, 9.17) is 14.6 Å². The zero-order valence-electron chi connectivity index (χ0n) is 20.3. The first-order valence-corrected chi connectivity index (χ1v) is 12.1. The van der Waals surface area contributed by atoms with Crippen molar-refractivity contribution in [2.45, 2.75) is 50.5 Å². The Labute approximate surface area is 209 Å². The van der Waals surface area contributed by atoms with E-state index in [9.17, 15) is 14.7 Å². The van der Waals surface area contributed by atoms with Crippen LogP contribution in [-0.4, -0.2) is 46.5 Å². The number of amides is 2. The van der Waals surface area contributed by atoms with E-state index in [1.165, 1.54) is 18.1 Å². The molecule has 4 N–H and O–H groups in total. The molecule has 2 aliphatic rings. The molecule has 36 heavy (non-hydrogen) atoms. The summed E-state index contributed by atoms with van der Waals surface area (Å²) in [6.45, 7) is -0.0152. The molecule has 0 spiro atoms. The molecule has 0 atom stereocenters. The number of pyridine rings is 1. The van der Waals surface area contributed by atoms with Crippen molar-refractivity contribution in [2.75, 3.05) is 24.4 Å². The Hall–Kier alpha value is -3.85. The molecule has 0 unspecified atom stereocenters. The maximum Gasteiger partial charge on any atom is 0.409 e. The summed E-state index contributed by atoms with van der Waals surface area (Å²) in [7, 11) is 1.68. The molecule has 190 valence electrons. The molecule has 0 saturated heterocycles. The molecule has 2 amide bonds. The van der Waals surface area contributed by atoms with Crippen LogP contribution in [0.5, 0.6) is 11.5 Å². The summed E-state index contributed by atoms with van der Waals surface area (Å²) in [5.74, 6) is 1.13. The largest absolute Gasteiger partial charge is 0.497 e. The van der Waals surface area contributed by atoms with Crippen LogP contribution in [0.15, 0.2) is 48.7 Å². The van der Waals surface area contributed by atoms with E-state index in [-0.39, 0.29) is 12.5 Å². The number of methoxy groups -OCH3 is 1. The molecule has 3 aromatic rings.